The molecule has 1 heterocycles. The van der Waals surface area contributed by atoms with Crippen molar-refractivity contribution in [2.75, 3.05) is 41.2 Å². The summed E-state index contributed by atoms with van der Waals surface area (Å²) in [5, 5.41) is 2.72. The van der Waals surface area contributed by atoms with Gasteiger partial charge in [0, 0.05) is 30.2 Å². The third kappa shape index (κ3) is 5.64. The lowest BCUT2D eigenvalue weighted by Crippen LogP contribution is -2.36. The summed E-state index contributed by atoms with van der Waals surface area (Å²) < 4.78 is 33.8. The van der Waals surface area contributed by atoms with Crippen molar-refractivity contribution in [3.05, 3.63) is 81.8 Å². The first kappa shape index (κ1) is 24.3. The summed E-state index contributed by atoms with van der Waals surface area (Å²) in [5.74, 6) is -0.548. The lowest BCUT2D eigenvalue weighted by Gasteiger charge is -2.28. The summed E-state index contributed by atoms with van der Waals surface area (Å²) in [4.78, 5) is 14.9. The Bertz CT molecular complexity index is 1310. The van der Waals surface area contributed by atoms with Gasteiger partial charge in [-0.1, -0.05) is 35.3 Å². The number of amides is 1. The van der Waals surface area contributed by atoms with Gasteiger partial charge in [0.1, 0.15) is 4.90 Å². The van der Waals surface area contributed by atoms with Crippen LogP contribution in [0.15, 0.2) is 65.6 Å². The Balaban J connectivity index is 1.54. The SMILES string of the molecule is Cc1cccc(NS(=O)(=O)c2cc(C(=O)Nc3ccc(N4CCOCC4)cc3)c(Cl)cc2Cl)c1. The van der Waals surface area contributed by atoms with E-state index in [-0.39, 0.29) is 20.5 Å². The summed E-state index contributed by atoms with van der Waals surface area (Å²) in [7, 11) is -4.06. The van der Waals surface area contributed by atoms with Gasteiger partial charge in [-0.25, -0.2) is 8.42 Å². The highest BCUT2D eigenvalue weighted by atomic mass is 35.5. The van der Waals surface area contributed by atoms with Crippen molar-refractivity contribution in [2.45, 2.75) is 11.8 Å². The van der Waals surface area contributed by atoms with Crippen LogP contribution in [-0.2, 0) is 14.8 Å². The predicted octanol–water partition coefficient (Wildman–Crippen LogP) is 5.19. The van der Waals surface area contributed by atoms with Crippen LogP contribution >= 0.6 is 23.2 Å². The molecule has 2 N–H and O–H groups in total. The average molecular weight is 520 g/mol. The van der Waals surface area contributed by atoms with Crippen LogP contribution in [0.4, 0.5) is 17.1 Å². The molecule has 3 aromatic carbocycles. The Morgan fingerprint density at radius 1 is 0.941 bits per heavy atom. The fourth-order valence-corrected chi connectivity index (χ4v) is 5.51. The maximum Gasteiger partial charge on any atom is 0.263 e. The van der Waals surface area contributed by atoms with E-state index in [0.29, 0.717) is 24.6 Å². The van der Waals surface area contributed by atoms with E-state index < -0.39 is 15.9 Å². The van der Waals surface area contributed by atoms with Gasteiger partial charge < -0.3 is 15.0 Å². The fraction of sp³-hybridized carbons (Fsp3) is 0.208. The van der Waals surface area contributed by atoms with Crippen LogP contribution in [0.2, 0.25) is 10.0 Å². The van der Waals surface area contributed by atoms with Crippen LogP contribution < -0.4 is 14.9 Å². The minimum absolute atomic E-state index is 0.00654. The minimum Gasteiger partial charge on any atom is -0.378 e. The maximum absolute atomic E-state index is 13.0. The molecule has 7 nitrogen and oxygen atoms in total. The van der Waals surface area contributed by atoms with Crippen LogP contribution in [0.3, 0.4) is 0 Å². The van der Waals surface area contributed by atoms with Gasteiger partial charge in [-0.05, 0) is 61.0 Å². The van der Waals surface area contributed by atoms with E-state index in [1.807, 2.05) is 25.1 Å². The normalized spacial score (nSPS) is 14.0. The van der Waals surface area contributed by atoms with Crippen molar-refractivity contribution in [3.63, 3.8) is 0 Å². The van der Waals surface area contributed by atoms with Gasteiger partial charge in [-0.15, -0.1) is 0 Å². The third-order valence-electron chi connectivity index (χ3n) is 5.33. The molecule has 0 aliphatic carbocycles. The molecule has 0 atom stereocenters. The molecule has 0 unspecified atom stereocenters. The highest BCUT2D eigenvalue weighted by Crippen LogP contribution is 2.31. The average Bonchev–Trinajstić information content (AvgIpc) is 2.79. The third-order valence-corrected chi connectivity index (χ3v) is 7.49. The number of hydrogen-bond donors (Lipinski definition) is 2. The number of morpholine rings is 1. The van der Waals surface area contributed by atoms with Crippen molar-refractivity contribution < 1.29 is 17.9 Å². The van der Waals surface area contributed by atoms with E-state index in [0.717, 1.165) is 24.3 Å². The number of carbonyl (C=O) groups excluding carboxylic acids is 1. The van der Waals surface area contributed by atoms with Crippen LogP contribution in [0.5, 0.6) is 0 Å². The summed E-state index contributed by atoms with van der Waals surface area (Å²) in [5.41, 5.74) is 2.85. The van der Waals surface area contributed by atoms with Crippen molar-refractivity contribution in [2.24, 2.45) is 0 Å². The zero-order valence-electron chi connectivity index (χ0n) is 18.3. The highest BCUT2D eigenvalue weighted by Gasteiger charge is 2.23. The molecule has 34 heavy (non-hydrogen) atoms. The molecule has 1 aliphatic rings. The van der Waals surface area contributed by atoms with E-state index in [4.69, 9.17) is 27.9 Å². The molecule has 0 bridgehead atoms. The van der Waals surface area contributed by atoms with Gasteiger partial charge in [0.05, 0.1) is 28.8 Å². The molecule has 3 aromatic rings. The summed E-state index contributed by atoms with van der Waals surface area (Å²) in [6.07, 6.45) is 0. The lowest BCUT2D eigenvalue weighted by molar-refractivity contribution is 0.102. The monoisotopic (exact) mass is 519 g/mol. The number of carbonyl (C=O) groups is 1. The summed E-state index contributed by atoms with van der Waals surface area (Å²) in [6, 6.07) is 16.7. The van der Waals surface area contributed by atoms with Crippen molar-refractivity contribution in [1.29, 1.82) is 0 Å². The zero-order chi connectivity index (χ0) is 24.3. The molecule has 1 fully saturated rings. The number of hydrogen-bond acceptors (Lipinski definition) is 5. The number of sulfonamides is 1. The molecule has 1 saturated heterocycles. The predicted molar refractivity (Wildman–Crippen MR) is 136 cm³/mol. The van der Waals surface area contributed by atoms with Crippen molar-refractivity contribution >= 4 is 56.2 Å². The fourth-order valence-electron chi connectivity index (χ4n) is 3.60. The van der Waals surface area contributed by atoms with E-state index in [1.165, 1.54) is 12.1 Å². The van der Waals surface area contributed by atoms with E-state index in [9.17, 15) is 13.2 Å². The highest BCUT2D eigenvalue weighted by molar-refractivity contribution is 7.92. The van der Waals surface area contributed by atoms with Gasteiger partial charge >= 0.3 is 0 Å². The standard InChI is InChI=1S/C24H23Cl2N3O4S/c1-16-3-2-4-18(13-16)28-34(31,32)23-14-20(21(25)15-22(23)26)24(30)27-17-5-7-19(8-6-17)29-9-11-33-12-10-29/h2-8,13-15,28H,9-12H2,1H3,(H,27,30). The first-order valence-corrected chi connectivity index (χ1v) is 12.8. The van der Waals surface area contributed by atoms with Gasteiger partial charge in [0.25, 0.3) is 15.9 Å². The molecule has 0 spiro atoms. The first-order valence-electron chi connectivity index (χ1n) is 10.6. The second-order valence-electron chi connectivity index (χ2n) is 7.84. The van der Waals surface area contributed by atoms with Crippen LogP contribution in [0, 0.1) is 6.92 Å². The van der Waals surface area contributed by atoms with E-state index in [1.54, 1.807) is 30.3 Å². The maximum atomic E-state index is 13.0. The van der Waals surface area contributed by atoms with Crippen LogP contribution in [0.25, 0.3) is 0 Å². The Morgan fingerprint density at radius 2 is 1.65 bits per heavy atom. The van der Waals surface area contributed by atoms with E-state index >= 15 is 0 Å². The number of aryl methyl sites for hydroxylation is 1. The smallest absolute Gasteiger partial charge is 0.263 e. The Morgan fingerprint density at radius 3 is 2.32 bits per heavy atom. The van der Waals surface area contributed by atoms with Gasteiger partial charge in [0.2, 0.25) is 0 Å². The second-order valence-corrected chi connectivity index (χ2v) is 10.3. The molecule has 1 amide bonds. The van der Waals surface area contributed by atoms with Gasteiger partial charge in [-0.3, -0.25) is 9.52 Å². The molecule has 0 aromatic heterocycles. The van der Waals surface area contributed by atoms with Crippen LogP contribution in [0.1, 0.15) is 15.9 Å². The number of anilines is 3. The molecule has 0 saturated carbocycles. The minimum atomic E-state index is -4.06. The van der Waals surface area contributed by atoms with Gasteiger partial charge in [-0.2, -0.15) is 0 Å². The molecular weight excluding hydrogens is 497 g/mol. The number of ether oxygens (including phenoxy) is 1. The largest absolute Gasteiger partial charge is 0.378 e. The molecule has 178 valence electrons. The Labute approximate surface area is 208 Å². The van der Waals surface area contributed by atoms with Crippen LogP contribution in [-0.4, -0.2) is 40.6 Å². The molecule has 0 radical (unpaired) electrons. The lowest BCUT2D eigenvalue weighted by atomic mass is 10.2. The topological polar surface area (TPSA) is 87.7 Å². The van der Waals surface area contributed by atoms with E-state index in [2.05, 4.69) is 14.9 Å². The quantitative estimate of drug-likeness (QED) is 0.467. The second kappa shape index (κ2) is 10.2. The van der Waals surface area contributed by atoms with Crippen molar-refractivity contribution in [1.82, 2.24) is 0 Å². The zero-order valence-corrected chi connectivity index (χ0v) is 20.7. The first-order chi connectivity index (χ1) is 16.2. The number of rotatable bonds is 6. The summed E-state index contributed by atoms with van der Waals surface area (Å²) >= 11 is 12.4. The molecule has 4 rings (SSSR count). The molecule has 10 heteroatoms. The number of halogens is 2. The summed E-state index contributed by atoms with van der Waals surface area (Å²) in [6.45, 7) is 4.82. The number of benzene rings is 3. The molecular formula is C24H23Cl2N3O4S. The Hall–Kier alpha value is -2.78. The Kier molecular flexibility index (Phi) is 7.33. The number of nitrogens with one attached hydrogen (secondary N) is 2. The van der Waals surface area contributed by atoms with Gasteiger partial charge in [0.15, 0.2) is 0 Å². The number of nitrogens with zero attached hydrogens (tertiary/aromatic N) is 1. The van der Waals surface area contributed by atoms with Crippen molar-refractivity contribution in [3.8, 4) is 0 Å². The molecule has 1 aliphatic heterocycles.